The van der Waals surface area contributed by atoms with Crippen LogP contribution in [0.15, 0.2) is 30.3 Å². The molecule has 0 radical (unpaired) electrons. The van der Waals surface area contributed by atoms with Gasteiger partial charge in [0, 0.05) is 66.0 Å². The van der Waals surface area contributed by atoms with E-state index in [1.54, 1.807) is 38.6 Å². The van der Waals surface area contributed by atoms with Crippen LogP contribution in [0.4, 0.5) is 10.5 Å². The third kappa shape index (κ3) is 4.41. The van der Waals surface area contributed by atoms with Gasteiger partial charge in [-0.1, -0.05) is 18.2 Å². The van der Waals surface area contributed by atoms with Gasteiger partial charge in [-0.15, -0.1) is 0 Å². The second-order valence-corrected chi connectivity index (χ2v) is 9.49. The maximum absolute atomic E-state index is 13.8. The Morgan fingerprint density at radius 1 is 0.882 bits per heavy atom. The number of benzene rings is 1. The topological polar surface area (TPSA) is 87.7 Å². The van der Waals surface area contributed by atoms with Crippen LogP contribution in [0.25, 0.3) is 0 Å². The SMILES string of the molecule is CC(=O)N1CCN(C(=O)CN2CN(c3ccccc3)C3(CCN(C(=O)N(C)C)CC3)C2=O)CC1. The predicted octanol–water partition coefficient (Wildman–Crippen LogP) is 0.500. The molecule has 0 N–H and O–H groups in total. The van der Waals surface area contributed by atoms with Gasteiger partial charge in [0.25, 0.3) is 5.91 Å². The summed E-state index contributed by atoms with van der Waals surface area (Å²) in [5, 5.41) is 0. The Labute approximate surface area is 200 Å². The molecule has 0 aromatic heterocycles. The lowest BCUT2D eigenvalue weighted by atomic mass is 9.85. The normalized spacial score (nSPS) is 20.2. The molecule has 1 aromatic rings. The second kappa shape index (κ2) is 9.52. The number of carbonyl (C=O) groups is 4. The zero-order valence-electron chi connectivity index (χ0n) is 20.3. The van der Waals surface area contributed by atoms with Crippen molar-refractivity contribution in [3.63, 3.8) is 0 Å². The van der Waals surface area contributed by atoms with E-state index in [2.05, 4.69) is 4.90 Å². The van der Waals surface area contributed by atoms with Crippen molar-refractivity contribution in [3.8, 4) is 0 Å². The molecule has 4 rings (SSSR count). The summed E-state index contributed by atoms with van der Waals surface area (Å²) < 4.78 is 0. The standard InChI is InChI=1S/C24H34N6O4/c1-19(31)26-13-15-27(16-14-26)21(32)17-29-18-30(20-7-5-4-6-8-20)24(22(29)33)9-11-28(12-10-24)23(34)25(2)3/h4-8H,9-18H2,1-3H3. The second-order valence-electron chi connectivity index (χ2n) is 9.49. The largest absolute Gasteiger partial charge is 0.339 e. The number of carbonyl (C=O) groups excluding carboxylic acids is 4. The Balaban J connectivity index is 1.49. The lowest BCUT2D eigenvalue weighted by molar-refractivity contribution is -0.143. The van der Waals surface area contributed by atoms with Gasteiger partial charge in [0.05, 0.1) is 6.67 Å². The number of para-hydroxylation sites is 1. The van der Waals surface area contributed by atoms with Crippen LogP contribution in [0.2, 0.25) is 0 Å². The number of piperazine rings is 1. The Bertz CT molecular complexity index is 936. The van der Waals surface area contributed by atoms with Crippen molar-refractivity contribution in [1.29, 1.82) is 0 Å². The van der Waals surface area contributed by atoms with Crippen molar-refractivity contribution in [1.82, 2.24) is 24.5 Å². The molecule has 1 spiro atoms. The summed E-state index contributed by atoms with van der Waals surface area (Å²) in [7, 11) is 3.46. The van der Waals surface area contributed by atoms with Gasteiger partial charge in [-0.25, -0.2) is 4.79 Å². The van der Waals surface area contributed by atoms with Gasteiger partial charge in [-0.05, 0) is 25.0 Å². The van der Waals surface area contributed by atoms with Gasteiger partial charge in [0.1, 0.15) is 12.1 Å². The fourth-order valence-corrected chi connectivity index (χ4v) is 5.21. The lowest BCUT2D eigenvalue weighted by Gasteiger charge is -2.43. The molecule has 0 saturated carbocycles. The van der Waals surface area contributed by atoms with E-state index >= 15 is 0 Å². The van der Waals surface area contributed by atoms with E-state index in [-0.39, 0.29) is 30.3 Å². The van der Waals surface area contributed by atoms with Crippen LogP contribution in [0.1, 0.15) is 19.8 Å². The average Bonchev–Trinajstić information content (AvgIpc) is 3.10. The summed E-state index contributed by atoms with van der Waals surface area (Å²) in [6, 6.07) is 9.75. The Morgan fingerprint density at radius 2 is 1.47 bits per heavy atom. The maximum Gasteiger partial charge on any atom is 0.319 e. The molecule has 10 heteroatoms. The van der Waals surface area contributed by atoms with E-state index in [1.165, 1.54) is 6.92 Å². The van der Waals surface area contributed by atoms with E-state index in [0.29, 0.717) is 58.8 Å². The van der Waals surface area contributed by atoms with Crippen LogP contribution in [-0.4, -0.2) is 120 Å². The first-order valence-corrected chi connectivity index (χ1v) is 11.8. The number of likely N-dealkylation sites (tertiary alicyclic amines) is 1. The number of piperidine rings is 1. The highest BCUT2D eigenvalue weighted by atomic mass is 16.2. The zero-order chi connectivity index (χ0) is 24.5. The molecule has 3 aliphatic rings. The highest BCUT2D eigenvalue weighted by Gasteiger charge is 2.54. The molecule has 10 nitrogen and oxygen atoms in total. The van der Waals surface area contributed by atoms with Crippen LogP contribution in [0, 0.1) is 0 Å². The van der Waals surface area contributed by atoms with Gasteiger partial charge in [0.15, 0.2) is 0 Å². The number of urea groups is 1. The zero-order valence-corrected chi connectivity index (χ0v) is 20.3. The maximum atomic E-state index is 13.8. The van der Waals surface area contributed by atoms with Gasteiger partial charge in [0.2, 0.25) is 11.8 Å². The van der Waals surface area contributed by atoms with Gasteiger partial charge >= 0.3 is 6.03 Å². The quantitative estimate of drug-likeness (QED) is 0.642. The molecular weight excluding hydrogens is 436 g/mol. The summed E-state index contributed by atoms with van der Waals surface area (Å²) >= 11 is 0. The third-order valence-electron chi connectivity index (χ3n) is 7.23. The molecule has 3 aliphatic heterocycles. The van der Waals surface area contributed by atoms with E-state index in [1.807, 2.05) is 30.3 Å². The number of rotatable bonds is 3. The van der Waals surface area contributed by atoms with E-state index < -0.39 is 5.54 Å². The molecule has 0 bridgehead atoms. The number of nitrogens with zero attached hydrogens (tertiary/aromatic N) is 6. The van der Waals surface area contributed by atoms with Crippen molar-refractivity contribution < 1.29 is 19.2 Å². The minimum atomic E-state index is -0.766. The molecule has 0 unspecified atom stereocenters. The molecule has 34 heavy (non-hydrogen) atoms. The van der Waals surface area contributed by atoms with E-state index in [0.717, 1.165) is 5.69 Å². The van der Waals surface area contributed by atoms with Crippen molar-refractivity contribution in [2.45, 2.75) is 25.3 Å². The van der Waals surface area contributed by atoms with Crippen molar-refractivity contribution in [2.24, 2.45) is 0 Å². The van der Waals surface area contributed by atoms with Crippen LogP contribution in [0.5, 0.6) is 0 Å². The van der Waals surface area contributed by atoms with Crippen molar-refractivity contribution in [3.05, 3.63) is 30.3 Å². The number of anilines is 1. The molecule has 3 saturated heterocycles. The molecule has 0 aliphatic carbocycles. The highest BCUT2D eigenvalue weighted by Crippen LogP contribution is 2.39. The van der Waals surface area contributed by atoms with Crippen LogP contribution < -0.4 is 4.90 Å². The first-order valence-electron chi connectivity index (χ1n) is 11.8. The number of amides is 5. The minimum absolute atomic E-state index is 0.0151. The van der Waals surface area contributed by atoms with Crippen LogP contribution >= 0.6 is 0 Å². The molecule has 1 aromatic carbocycles. The molecule has 3 heterocycles. The van der Waals surface area contributed by atoms with E-state index in [4.69, 9.17) is 0 Å². The summed E-state index contributed by atoms with van der Waals surface area (Å²) in [6.07, 6.45) is 1.03. The summed E-state index contributed by atoms with van der Waals surface area (Å²) in [4.78, 5) is 61.4. The van der Waals surface area contributed by atoms with Crippen molar-refractivity contribution >= 4 is 29.4 Å². The third-order valence-corrected chi connectivity index (χ3v) is 7.23. The highest BCUT2D eigenvalue weighted by molar-refractivity contribution is 5.96. The van der Waals surface area contributed by atoms with Crippen molar-refractivity contribution in [2.75, 3.05) is 71.5 Å². The molecule has 5 amide bonds. The molecule has 3 fully saturated rings. The molecular formula is C24H34N6O4. The summed E-state index contributed by atoms with van der Waals surface area (Å²) in [6.45, 7) is 4.87. The molecule has 184 valence electrons. The average molecular weight is 471 g/mol. The predicted molar refractivity (Wildman–Crippen MR) is 127 cm³/mol. The molecule has 0 atom stereocenters. The van der Waals surface area contributed by atoms with Gasteiger partial charge in [-0.3, -0.25) is 14.4 Å². The minimum Gasteiger partial charge on any atom is -0.339 e. The fourth-order valence-electron chi connectivity index (χ4n) is 5.21. The summed E-state index contributed by atoms with van der Waals surface area (Å²) in [5.41, 5.74) is 0.172. The first kappa shape index (κ1) is 23.8. The van der Waals surface area contributed by atoms with E-state index in [9.17, 15) is 19.2 Å². The Kier molecular flexibility index (Phi) is 6.67. The summed E-state index contributed by atoms with van der Waals surface area (Å²) in [5.74, 6) is -0.132. The fraction of sp³-hybridized carbons (Fsp3) is 0.583. The Hall–Kier alpha value is -3.30. The Morgan fingerprint density at radius 3 is 2.03 bits per heavy atom. The van der Waals surface area contributed by atoms with Gasteiger partial charge < -0.3 is 29.4 Å². The first-order chi connectivity index (χ1) is 16.2. The smallest absolute Gasteiger partial charge is 0.319 e. The number of hydrogen-bond donors (Lipinski definition) is 0. The van der Waals surface area contributed by atoms with Crippen LogP contribution in [0.3, 0.4) is 0 Å². The van der Waals surface area contributed by atoms with Gasteiger partial charge in [-0.2, -0.15) is 0 Å². The monoisotopic (exact) mass is 470 g/mol. The lowest BCUT2D eigenvalue weighted by Crippen LogP contribution is -2.58. The van der Waals surface area contributed by atoms with Crippen LogP contribution in [-0.2, 0) is 14.4 Å². The number of hydrogen-bond acceptors (Lipinski definition) is 5.